The summed E-state index contributed by atoms with van der Waals surface area (Å²) in [5.41, 5.74) is 2.51. The Morgan fingerprint density at radius 1 is 1.35 bits per heavy atom. The van der Waals surface area contributed by atoms with Gasteiger partial charge in [-0.2, -0.15) is 18.4 Å². The van der Waals surface area contributed by atoms with Crippen LogP contribution in [-0.2, 0) is 11.0 Å². The smallest absolute Gasteiger partial charge is 0.298 e. The van der Waals surface area contributed by atoms with E-state index in [1.807, 2.05) is 0 Å². The van der Waals surface area contributed by atoms with Crippen LogP contribution in [-0.4, -0.2) is 5.91 Å². The number of rotatable bonds is 3. The molecule has 0 aliphatic heterocycles. The van der Waals surface area contributed by atoms with Crippen molar-refractivity contribution in [1.82, 2.24) is 5.43 Å². The molecule has 1 aliphatic rings. The number of nitrogens with zero attached hydrogens (tertiary/aromatic N) is 1. The van der Waals surface area contributed by atoms with Gasteiger partial charge in [-0.3, -0.25) is 15.6 Å². The fourth-order valence-electron chi connectivity index (χ4n) is 2.01. The van der Waals surface area contributed by atoms with Crippen LogP contribution >= 0.6 is 0 Å². The Hall–Kier alpha value is -2.82. The van der Waals surface area contributed by atoms with Crippen molar-refractivity contribution in [2.45, 2.75) is 12.6 Å². The van der Waals surface area contributed by atoms with E-state index in [0.717, 1.165) is 12.1 Å². The number of hydrogen-bond donors (Lipinski definition) is 2. The number of benzene rings is 1. The molecule has 2 rings (SSSR count). The molecule has 0 radical (unpaired) electrons. The molecular weight excluding hydrogens is 314 g/mol. The normalized spacial score (nSPS) is 17.2. The highest BCUT2D eigenvalue weighted by Crippen LogP contribution is 2.35. The number of nitriles is 1. The highest BCUT2D eigenvalue weighted by atomic mass is 19.4. The Labute approximate surface area is 129 Å². The number of allylic oxidation sites excluding steroid dienone is 3. The first-order valence-corrected chi connectivity index (χ1v) is 6.52. The van der Waals surface area contributed by atoms with Crippen molar-refractivity contribution in [3.8, 4) is 6.07 Å². The van der Waals surface area contributed by atoms with Gasteiger partial charge >= 0.3 is 6.18 Å². The molecule has 0 aromatic heterocycles. The lowest BCUT2D eigenvalue weighted by Crippen LogP contribution is -2.36. The van der Waals surface area contributed by atoms with Gasteiger partial charge < -0.3 is 0 Å². The minimum absolute atomic E-state index is 0.120. The van der Waals surface area contributed by atoms with E-state index in [4.69, 9.17) is 5.26 Å². The predicted molar refractivity (Wildman–Crippen MR) is 74.4 cm³/mol. The van der Waals surface area contributed by atoms with Crippen LogP contribution in [0.2, 0.25) is 0 Å². The lowest BCUT2D eigenvalue weighted by molar-refractivity contribution is -0.137. The van der Waals surface area contributed by atoms with E-state index in [1.165, 1.54) is 12.1 Å². The van der Waals surface area contributed by atoms with Gasteiger partial charge in [0.05, 0.1) is 28.8 Å². The van der Waals surface area contributed by atoms with Crippen molar-refractivity contribution in [3.63, 3.8) is 0 Å². The maximum atomic E-state index is 13.5. The minimum atomic E-state index is -4.71. The fraction of sp³-hybridized carbons (Fsp3) is 0.200. The first-order chi connectivity index (χ1) is 10.8. The number of hydrazine groups is 1. The van der Waals surface area contributed by atoms with Gasteiger partial charge in [0.15, 0.2) is 0 Å². The van der Waals surface area contributed by atoms with Crippen molar-refractivity contribution in [2.75, 3.05) is 5.43 Å². The van der Waals surface area contributed by atoms with Gasteiger partial charge in [0, 0.05) is 0 Å². The maximum Gasteiger partial charge on any atom is 0.418 e. The van der Waals surface area contributed by atoms with E-state index >= 15 is 0 Å². The zero-order valence-electron chi connectivity index (χ0n) is 11.6. The van der Waals surface area contributed by atoms with Crippen molar-refractivity contribution in [2.24, 2.45) is 5.92 Å². The van der Waals surface area contributed by atoms with E-state index in [9.17, 15) is 22.4 Å². The van der Waals surface area contributed by atoms with Crippen molar-refractivity contribution >= 4 is 11.6 Å². The maximum absolute atomic E-state index is 13.5. The monoisotopic (exact) mass is 325 g/mol. The van der Waals surface area contributed by atoms with Crippen LogP contribution in [0.4, 0.5) is 23.2 Å². The van der Waals surface area contributed by atoms with E-state index in [-0.39, 0.29) is 12.0 Å². The molecule has 23 heavy (non-hydrogen) atoms. The second kappa shape index (κ2) is 6.52. The van der Waals surface area contributed by atoms with Gasteiger partial charge in [-0.15, -0.1) is 0 Å². The number of anilines is 1. The molecule has 120 valence electrons. The number of halogens is 4. The summed E-state index contributed by atoms with van der Waals surface area (Å²) in [5.74, 6) is -2.54. The number of carbonyl (C=O) groups excluding carboxylic acids is 1. The summed E-state index contributed by atoms with van der Waals surface area (Å²) >= 11 is 0. The summed E-state index contributed by atoms with van der Waals surface area (Å²) < 4.78 is 52.4. The van der Waals surface area contributed by atoms with Gasteiger partial charge in [0.25, 0.3) is 0 Å². The van der Waals surface area contributed by atoms with Gasteiger partial charge in [-0.05, 0) is 30.7 Å². The Balaban J connectivity index is 2.15. The molecular formula is C15H11F4N3O. The Bertz CT molecular complexity index is 716. The van der Waals surface area contributed by atoms with Crippen LogP contribution in [0.15, 0.2) is 42.3 Å². The largest absolute Gasteiger partial charge is 0.418 e. The summed E-state index contributed by atoms with van der Waals surface area (Å²) in [6, 6.07) is 4.47. The van der Waals surface area contributed by atoms with E-state index in [2.05, 4.69) is 10.9 Å². The number of hydrogen-bond acceptors (Lipinski definition) is 3. The lowest BCUT2D eigenvalue weighted by Gasteiger charge is -2.19. The molecule has 2 N–H and O–H groups in total. The van der Waals surface area contributed by atoms with Gasteiger partial charge in [-0.25, -0.2) is 4.39 Å². The number of alkyl halides is 3. The third-order valence-electron chi connectivity index (χ3n) is 3.19. The second-order valence-corrected chi connectivity index (χ2v) is 4.75. The van der Waals surface area contributed by atoms with Crippen LogP contribution in [0.25, 0.3) is 0 Å². The summed E-state index contributed by atoms with van der Waals surface area (Å²) in [6.45, 7) is 0. The predicted octanol–water partition coefficient (Wildman–Crippen LogP) is 3.45. The van der Waals surface area contributed by atoms with Crippen molar-refractivity contribution in [3.05, 3.63) is 53.4 Å². The molecule has 1 atom stereocenters. The van der Waals surface area contributed by atoms with Crippen molar-refractivity contribution < 1.29 is 22.4 Å². The third kappa shape index (κ3) is 3.88. The molecule has 1 unspecified atom stereocenters. The molecule has 0 fully saturated rings. The molecule has 1 amide bonds. The van der Waals surface area contributed by atoms with E-state index in [0.29, 0.717) is 6.07 Å². The molecule has 1 aliphatic carbocycles. The zero-order chi connectivity index (χ0) is 17.0. The summed E-state index contributed by atoms with van der Waals surface area (Å²) in [7, 11) is 0. The molecule has 0 saturated heterocycles. The van der Waals surface area contributed by atoms with Crippen LogP contribution in [0.1, 0.15) is 17.5 Å². The fourth-order valence-corrected chi connectivity index (χ4v) is 2.01. The Kier molecular flexibility index (Phi) is 4.69. The number of nitrogens with one attached hydrogen (secondary N) is 2. The summed E-state index contributed by atoms with van der Waals surface area (Å²) in [5, 5.41) is 8.67. The Morgan fingerprint density at radius 3 is 2.70 bits per heavy atom. The van der Waals surface area contributed by atoms with Crippen LogP contribution in [0, 0.1) is 17.2 Å². The summed E-state index contributed by atoms with van der Waals surface area (Å²) in [4.78, 5) is 11.8. The molecule has 1 aromatic rings. The lowest BCUT2D eigenvalue weighted by atomic mass is 9.99. The standard InChI is InChI=1S/C15H11F4N3O/c16-12-4-2-1-3-10(12)14(23)22-21-13-6-5-9(8-20)7-11(13)15(17,18)19/h1-2,4-7,10,21H,3H2,(H,22,23). The summed E-state index contributed by atoms with van der Waals surface area (Å²) in [6.07, 6.45) is -0.435. The molecule has 0 bridgehead atoms. The number of amides is 1. The van der Waals surface area contributed by atoms with Gasteiger partial charge in [-0.1, -0.05) is 12.2 Å². The minimum Gasteiger partial charge on any atom is -0.298 e. The second-order valence-electron chi connectivity index (χ2n) is 4.75. The average Bonchev–Trinajstić information content (AvgIpc) is 2.52. The van der Waals surface area contributed by atoms with Crippen LogP contribution < -0.4 is 10.9 Å². The van der Waals surface area contributed by atoms with Gasteiger partial charge in [0.1, 0.15) is 5.83 Å². The first-order valence-electron chi connectivity index (χ1n) is 6.52. The topological polar surface area (TPSA) is 64.9 Å². The van der Waals surface area contributed by atoms with Crippen molar-refractivity contribution in [1.29, 1.82) is 5.26 Å². The van der Waals surface area contributed by atoms with Crippen LogP contribution in [0.5, 0.6) is 0 Å². The highest BCUT2D eigenvalue weighted by molar-refractivity contribution is 5.83. The molecule has 0 saturated carbocycles. The first kappa shape index (κ1) is 16.5. The molecule has 4 nitrogen and oxygen atoms in total. The quantitative estimate of drug-likeness (QED) is 0.661. The SMILES string of the molecule is N#Cc1ccc(NNC(=O)C2CC=CC=C2F)c(C(F)(F)F)c1. The number of carbonyl (C=O) groups is 1. The van der Waals surface area contributed by atoms with Gasteiger partial charge in [0.2, 0.25) is 5.91 Å². The average molecular weight is 325 g/mol. The highest BCUT2D eigenvalue weighted by Gasteiger charge is 2.34. The molecule has 8 heteroatoms. The van der Waals surface area contributed by atoms with Crippen LogP contribution in [0.3, 0.4) is 0 Å². The molecule has 0 heterocycles. The third-order valence-corrected chi connectivity index (χ3v) is 3.19. The zero-order valence-corrected chi connectivity index (χ0v) is 11.6. The van der Waals surface area contributed by atoms with E-state index in [1.54, 1.807) is 12.1 Å². The molecule has 1 aromatic carbocycles. The van der Waals surface area contributed by atoms with E-state index < -0.39 is 35.1 Å². The molecule has 0 spiro atoms. The Morgan fingerprint density at radius 2 is 2.09 bits per heavy atom.